The fraction of sp³-hybridized carbons (Fsp3) is 0.400. The summed E-state index contributed by atoms with van der Waals surface area (Å²) in [5.41, 5.74) is 0.00413. The van der Waals surface area contributed by atoms with Crippen molar-refractivity contribution in [1.82, 2.24) is 0 Å². The Morgan fingerprint density at radius 3 is 1.94 bits per heavy atom. The molecule has 2 N–H and O–H groups in total. The molecule has 1 unspecified atom stereocenters. The van der Waals surface area contributed by atoms with Crippen molar-refractivity contribution in [3.8, 4) is 0 Å². The highest BCUT2D eigenvalue weighted by Crippen LogP contribution is 2.11. The third-order valence-electron chi connectivity index (χ3n) is 1.84. The second-order valence-corrected chi connectivity index (χ2v) is 3.37. The molecule has 6 nitrogen and oxygen atoms in total. The van der Waals surface area contributed by atoms with E-state index in [0.717, 1.165) is 0 Å². The highest BCUT2D eigenvalue weighted by Gasteiger charge is 2.27. The predicted octanol–water partition coefficient (Wildman–Crippen LogP) is 0.266. The number of carbonyl (C=O) groups is 4. The van der Waals surface area contributed by atoms with E-state index < -0.39 is 42.3 Å². The molecule has 0 rings (SSSR count). The molecule has 0 heterocycles. The highest BCUT2D eigenvalue weighted by molar-refractivity contribution is 6.43. The maximum absolute atomic E-state index is 11.2. The molecule has 0 fully saturated rings. The second-order valence-electron chi connectivity index (χ2n) is 3.37. The number of hydrogen-bond acceptors (Lipinski definition) is 4. The maximum Gasteiger partial charge on any atom is 0.307 e. The van der Waals surface area contributed by atoms with E-state index >= 15 is 0 Å². The molecule has 6 heteroatoms. The third-order valence-corrected chi connectivity index (χ3v) is 1.84. The summed E-state index contributed by atoms with van der Waals surface area (Å²) >= 11 is 0. The number of carboxylic acid groups (broad SMARTS) is 2. The normalized spacial score (nSPS) is 11.6. The Hall–Kier alpha value is -1.98. The Morgan fingerprint density at radius 2 is 1.62 bits per heavy atom. The largest absolute Gasteiger partial charge is 0.481 e. The van der Waals surface area contributed by atoms with Gasteiger partial charge in [0.05, 0.1) is 12.3 Å². The van der Waals surface area contributed by atoms with Gasteiger partial charge in [0.2, 0.25) is 11.6 Å². The van der Waals surface area contributed by atoms with Gasteiger partial charge < -0.3 is 10.2 Å². The van der Waals surface area contributed by atoms with Crippen LogP contribution in [0.25, 0.3) is 0 Å². The SMILES string of the molecule is C=C(C)C(=O)C(=O)CC(CC(=O)O)C(=O)O. The highest BCUT2D eigenvalue weighted by atomic mass is 16.4. The first-order chi connectivity index (χ1) is 7.25. The van der Waals surface area contributed by atoms with Gasteiger partial charge in [0.25, 0.3) is 0 Å². The molecule has 0 amide bonds. The van der Waals surface area contributed by atoms with Crippen LogP contribution in [0.15, 0.2) is 12.2 Å². The average molecular weight is 228 g/mol. The van der Waals surface area contributed by atoms with E-state index in [0.29, 0.717) is 0 Å². The number of rotatable bonds is 7. The zero-order valence-corrected chi connectivity index (χ0v) is 8.73. The quantitative estimate of drug-likeness (QED) is 0.478. The van der Waals surface area contributed by atoms with E-state index in [1.807, 2.05) is 0 Å². The van der Waals surface area contributed by atoms with Crippen LogP contribution >= 0.6 is 0 Å². The molecular formula is C10H12O6. The second kappa shape index (κ2) is 5.79. The summed E-state index contributed by atoms with van der Waals surface area (Å²) in [6.45, 7) is 4.58. The fourth-order valence-electron chi connectivity index (χ4n) is 1.01. The van der Waals surface area contributed by atoms with Crippen LogP contribution in [0, 0.1) is 5.92 Å². The summed E-state index contributed by atoms with van der Waals surface area (Å²) < 4.78 is 0. The molecule has 0 spiro atoms. The molecule has 0 radical (unpaired) electrons. The first-order valence-electron chi connectivity index (χ1n) is 4.43. The monoisotopic (exact) mass is 228 g/mol. The van der Waals surface area contributed by atoms with Gasteiger partial charge in [-0.1, -0.05) is 6.58 Å². The van der Waals surface area contributed by atoms with Gasteiger partial charge in [-0.15, -0.1) is 0 Å². The van der Waals surface area contributed by atoms with Crippen LogP contribution in [0.4, 0.5) is 0 Å². The zero-order valence-electron chi connectivity index (χ0n) is 8.73. The van der Waals surface area contributed by atoms with Crippen LogP contribution in [-0.4, -0.2) is 33.7 Å². The van der Waals surface area contributed by atoms with E-state index in [1.54, 1.807) is 0 Å². The first kappa shape index (κ1) is 14.0. The lowest BCUT2D eigenvalue weighted by Gasteiger charge is -2.07. The van der Waals surface area contributed by atoms with Gasteiger partial charge in [0.15, 0.2) is 0 Å². The molecule has 88 valence electrons. The molecular weight excluding hydrogens is 216 g/mol. The molecule has 0 aliphatic heterocycles. The average Bonchev–Trinajstić information content (AvgIpc) is 2.14. The fourth-order valence-corrected chi connectivity index (χ4v) is 1.01. The van der Waals surface area contributed by atoms with E-state index in [4.69, 9.17) is 10.2 Å². The van der Waals surface area contributed by atoms with Gasteiger partial charge in [-0.2, -0.15) is 0 Å². The van der Waals surface area contributed by atoms with E-state index in [2.05, 4.69) is 6.58 Å². The molecule has 0 aromatic heterocycles. The lowest BCUT2D eigenvalue weighted by molar-refractivity contribution is -0.150. The molecule has 0 aliphatic carbocycles. The predicted molar refractivity (Wildman–Crippen MR) is 52.8 cm³/mol. The number of allylic oxidation sites excluding steroid dienone is 1. The van der Waals surface area contributed by atoms with Crippen LogP contribution < -0.4 is 0 Å². The van der Waals surface area contributed by atoms with Crippen molar-refractivity contribution in [1.29, 1.82) is 0 Å². The summed E-state index contributed by atoms with van der Waals surface area (Å²) in [4.78, 5) is 43.2. The third kappa shape index (κ3) is 4.50. The van der Waals surface area contributed by atoms with Crippen molar-refractivity contribution in [3.63, 3.8) is 0 Å². The molecule has 0 bridgehead atoms. The summed E-state index contributed by atoms with van der Waals surface area (Å²) in [6.07, 6.45) is -1.31. The zero-order chi connectivity index (χ0) is 12.9. The minimum absolute atomic E-state index is 0.00413. The topological polar surface area (TPSA) is 109 Å². The molecule has 16 heavy (non-hydrogen) atoms. The lowest BCUT2D eigenvalue weighted by atomic mass is 9.96. The van der Waals surface area contributed by atoms with Gasteiger partial charge in [-0.3, -0.25) is 19.2 Å². The minimum atomic E-state index is -1.41. The lowest BCUT2D eigenvalue weighted by Crippen LogP contribution is -2.25. The van der Waals surface area contributed by atoms with E-state index in [-0.39, 0.29) is 5.57 Å². The molecule has 0 saturated heterocycles. The Morgan fingerprint density at radius 1 is 1.12 bits per heavy atom. The van der Waals surface area contributed by atoms with Gasteiger partial charge >= 0.3 is 11.9 Å². The number of hydrogen-bond donors (Lipinski definition) is 2. The van der Waals surface area contributed by atoms with Gasteiger partial charge in [-0.05, 0) is 12.5 Å². The van der Waals surface area contributed by atoms with Crippen LogP contribution in [0.5, 0.6) is 0 Å². The number of carboxylic acids is 2. The molecule has 0 aliphatic rings. The summed E-state index contributed by atoms with van der Waals surface area (Å²) in [7, 11) is 0. The van der Waals surface area contributed by atoms with Crippen molar-refractivity contribution in [2.24, 2.45) is 5.92 Å². The van der Waals surface area contributed by atoms with Crippen molar-refractivity contribution in [2.75, 3.05) is 0 Å². The number of ketones is 2. The van der Waals surface area contributed by atoms with Crippen molar-refractivity contribution >= 4 is 23.5 Å². The summed E-state index contributed by atoms with van der Waals surface area (Å²) in [5, 5.41) is 17.1. The summed E-state index contributed by atoms with van der Waals surface area (Å²) in [6, 6.07) is 0. The Bertz CT molecular complexity index is 354. The van der Waals surface area contributed by atoms with Crippen LogP contribution in [-0.2, 0) is 19.2 Å². The number of Topliss-reactive ketones (excluding diaryl/α,β-unsaturated/α-hetero) is 2. The van der Waals surface area contributed by atoms with Crippen molar-refractivity contribution in [3.05, 3.63) is 12.2 Å². The van der Waals surface area contributed by atoms with Crippen LogP contribution in [0.2, 0.25) is 0 Å². The first-order valence-corrected chi connectivity index (χ1v) is 4.43. The summed E-state index contributed by atoms with van der Waals surface area (Å²) in [5.74, 6) is -5.92. The van der Waals surface area contributed by atoms with Gasteiger partial charge in [-0.25, -0.2) is 0 Å². The van der Waals surface area contributed by atoms with Crippen molar-refractivity contribution < 1.29 is 29.4 Å². The van der Waals surface area contributed by atoms with Gasteiger partial charge in [0, 0.05) is 6.42 Å². The van der Waals surface area contributed by atoms with Gasteiger partial charge in [0.1, 0.15) is 0 Å². The molecule has 0 saturated carbocycles. The Balaban J connectivity index is 4.58. The Labute approximate surface area is 91.6 Å². The standard InChI is InChI=1S/C10H12O6/c1-5(2)9(14)7(11)3-6(10(15)16)4-8(12)13/h6H,1,3-4H2,2H3,(H,12,13)(H,15,16). The molecule has 1 atom stereocenters. The molecule has 0 aromatic rings. The Kier molecular flexibility index (Phi) is 5.08. The van der Waals surface area contributed by atoms with E-state index in [9.17, 15) is 19.2 Å². The minimum Gasteiger partial charge on any atom is -0.481 e. The van der Waals surface area contributed by atoms with E-state index in [1.165, 1.54) is 6.92 Å². The number of aliphatic carboxylic acids is 2. The smallest absolute Gasteiger partial charge is 0.307 e. The number of carbonyl (C=O) groups excluding carboxylic acids is 2. The maximum atomic E-state index is 11.2. The van der Waals surface area contributed by atoms with Crippen LogP contribution in [0.1, 0.15) is 19.8 Å². The van der Waals surface area contributed by atoms with Crippen LogP contribution in [0.3, 0.4) is 0 Å². The van der Waals surface area contributed by atoms with Crippen molar-refractivity contribution in [2.45, 2.75) is 19.8 Å². The molecule has 0 aromatic carbocycles.